The van der Waals surface area contributed by atoms with Gasteiger partial charge in [-0.05, 0) is 32.3 Å². The number of aldehydes is 1. The molecule has 0 radical (unpaired) electrons. The molecule has 0 saturated heterocycles. The van der Waals surface area contributed by atoms with Crippen LogP contribution in [0.2, 0.25) is 0 Å². The minimum atomic E-state index is -0.406. The molecule has 19 heavy (non-hydrogen) atoms. The predicted molar refractivity (Wildman–Crippen MR) is 68.1 cm³/mol. The average molecular weight is 264 g/mol. The molecule has 0 N–H and O–H groups in total. The first-order chi connectivity index (χ1) is 9.24. The molecule has 1 aliphatic carbocycles. The minimum Gasteiger partial charge on any atom is -0.491 e. The van der Waals surface area contributed by atoms with E-state index in [1.54, 1.807) is 6.07 Å². The molecule has 0 unspecified atom stereocenters. The molecule has 3 atom stereocenters. The van der Waals surface area contributed by atoms with Gasteiger partial charge in [0.25, 0.3) is 0 Å². The molecule has 1 fully saturated rings. The summed E-state index contributed by atoms with van der Waals surface area (Å²) in [7, 11) is 0. The van der Waals surface area contributed by atoms with Crippen LogP contribution in [0.5, 0.6) is 11.5 Å². The van der Waals surface area contributed by atoms with Crippen molar-refractivity contribution in [2.24, 2.45) is 5.92 Å². The van der Waals surface area contributed by atoms with Crippen molar-refractivity contribution >= 4 is 6.29 Å². The van der Waals surface area contributed by atoms with Crippen LogP contribution in [0, 0.1) is 11.7 Å². The molecule has 2 aliphatic rings. The third-order valence-electron chi connectivity index (χ3n) is 4.09. The molecule has 0 bridgehead atoms. The number of benzene rings is 1. The Hall–Kier alpha value is -1.58. The van der Waals surface area contributed by atoms with Crippen LogP contribution in [0.4, 0.5) is 4.39 Å². The van der Waals surface area contributed by atoms with Gasteiger partial charge < -0.3 is 14.3 Å². The topological polar surface area (TPSA) is 35.5 Å². The number of carbonyl (C=O) groups excluding carboxylic acids is 1. The molecule has 4 heteroatoms. The highest BCUT2D eigenvalue weighted by Gasteiger charge is 2.41. The van der Waals surface area contributed by atoms with E-state index in [0.717, 1.165) is 24.7 Å². The monoisotopic (exact) mass is 264 g/mol. The van der Waals surface area contributed by atoms with E-state index in [9.17, 15) is 9.18 Å². The number of rotatable bonds is 3. The predicted octanol–water partition coefficient (Wildman–Crippen LogP) is 3.07. The maximum Gasteiger partial charge on any atom is 0.207 e. The number of hydrogen-bond donors (Lipinski definition) is 0. The first kappa shape index (κ1) is 12.5. The standard InChI is InChI=1S/C15H17FO3/c1-2-18-12-6-5-11-10-4-3-9(8-17)7-13(10)19-15(11)14(12)16/h5-6,8-10,13H,2-4,7H2,1H3/t9-,10-,13+/m0/s1. The van der Waals surface area contributed by atoms with Gasteiger partial charge in [0.2, 0.25) is 5.82 Å². The van der Waals surface area contributed by atoms with E-state index in [2.05, 4.69) is 0 Å². The van der Waals surface area contributed by atoms with E-state index >= 15 is 0 Å². The summed E-state index contributed by atoms with van der Waals surface area (Å²) < 4.78 is 25.3. The van der Waals surface area contributed by atoms with Gasteiger partial charge in [-0.15, -0.1) is 0 Å². The van der Waals surface area contributed by atoms with Crippen molar-refractivity contribution < 1.29 is 18.7 Å². The second-order valence-electron chi connectivity index (χ2n) is 5.20. The fraction of sp³-hybridized carbons (Fsp3) is 0.533. The Morgan fingerprint density at radius 1 is 1.47 bits per heavy atom. The summed E-state index contributed by atoms with van der Waals surface area (Å²) in [5.74, 6) is 0.428. The van der Waals surface area contributed by atoms with Crippen LogP contribution in [0.1, 0.15) is 37.7 Å². The lowest BCUT2D eigenvalue weighted by molar-refractivity contribution is -0.112. The van der Waals surface area contributed by atoms with E-state index in [0.29, 0.717) is 18.8 Å². The third-order valence-corrected chi connectivity index (χ3v) is 4.09. The number of carbonyl (C=O) groups is 1. The summed E-state index contributed by atoms with van der Waals surface area (Å²) in [4.78, 5) is 10.9. The Morgan fingerprint density at radius 2 is 2.32 bits per heavy atom. The van der Waals surface area contributed by atoms with Crippen molar-refractivity contribution in [3.8, 4) is 11.5 Å². The summed E-state index contributed by atoms with van der Waals surface area (Å²) in [5, 5.41) is 0. The van der Waals surface area contributed by atoms with Crippen LogP contribution in [0.25, 0.3) is 0 Å². The number of fused-ring (bicyclic) bond motifs is 3. The van der Waals surface area contributed by atoms with E-state index in [-0.39, 0.29) is 23.7 Å². The van der Waals surface area contributed by atoms with E-state index in [4.69, 9.17) is 9.47 Å². The van der Waals surface area contributed by atoms with Crippen molar-refractivity contribution in [2.75, 3.05) is 6.61 Å². The van der Waals surface area contributed by atoms with E-state index in [1.807, 2.05) is 13.0 Å². The Kier molecular flexibility index (Phi) is 3.17. The number of ether oxygens (including phenoxy) is 2. The Labute approximate surface area is 111 Å². The zero-order valence-electron chi connectivity index (χ0n) is 10.9. The lowest BCUT2D eigenvalue weighted by Crippen LogP contribution is -2.28. The minimum absolute atomic E-state index is 0.0463. The van der Waals surface area contributed by atoms with Crippen molar-refractivity contribution in [3.05, 3.63) is 23.5 Å². The quantitative estimate of drug-likeness (QED) is 0.787. The van der Waals surface area contributed by atoms with Crippen molar-refractivity contribution in [1.82, 2.24) is 0 Å². The van der Waals surface area contributed by atoms with Crippen LogP contribution >= 0.6 is 0 Å². The van der Waals surface area contributed by atoms with Gasteiger partial charge >= 0.3 is 0 Å². The number of hydrogen-bond acceptors (Lipinski definition) is 3. The highest BCUT2D eigenvalue weighted by atomic mass is 19.1. The first-order valence-corrected chi connectivity index (χ1v) is 6.81. The molecule has 1 aromatic carbocycles. The maximum absolute atomic E-state index is 14.3. The molecule has 0 spiro atoms. The maximum atomic E-state index is 14.3. The van der Waals surface area contributed by atoms with Crippen LogP contribution in [-0.4, -0.2) is 19.0 Å². The summed E-state index contributed by atoms with van der Waals surface area (Å²) in [6, 6.07) is 3.57. The molecule has 1 saturated carbocycles. The van der Waals surface area contributed by atoms with Crippen LogP contribution in [0.3, 0.4) is 0 Å². The molecular weight excluding hydrogens is 247 g/mol. The van der Waals surface area contributed by atoms with E-state index < -0.39 is 5.82 Å². The van der Waals surface area contributed by atoms with Crippen LogP contribution in [0.15, 0.2) is 12.1 Å². The highest BCUT2D eigenvalue weighted by Crippen LogP contribution is 2.49. The zero-order chi connectivity index (χ0) is 13.4. The summed E-state index contributed by atoms with van der Waals surface area (Å²) in [6.45, 7) is 2.25. The molecule has 102 valence electrons. The van der Waals surface area contributed by atoms with Gasteiger partial charge in [0.1, 0.15) is 12.4 Å². The SMILES string of the molecule is CCOc1ccc2c(c1F)O[C@@H]1C[C@@H](C=O)CC[C@@H]21. The van der Waals surface area contributed by atoms with Gasteiger partial charge in [-0.3, -0.25) is 0 Å². The van der Waals surface area contributed by atoms with Gasteiger partial charge in [-0.25, -0.2) is 0 Å². The van der Waals surface area contributed by atoms with Gasteiger partial charge in [0.05, 0.1) is 6.61 Å². The fourth-order valence-electron chi connectivity index (χ4n) is 3.15. The second kappa shape index (κ2) is 4.83. The lowest BCUT2D eigenvalue weighted by atomic mass is 9.78. The zero-order valence-corrected chi connectivity index (χ0v) is 10.9. The largest absolute Gasteiger partial charge is 0.491 e. The summed E-state index contributed by atoms with van der Waals surface area (Å²) in [6.07, 6.45) is 3.36. The molecule has 0 aromatic heterocycles. The highest BCUT2D eigenvalue weighted by molar-refractivity contribution is 5.55. The van der Waals surface area contributed by atoms with Crippen LogP contribution < -0.4 is 9.47 Å². The van der Waals surface area contributed by atoms with Gasteiger partial charge in [0.15, 0.2) is 11.5 Å². The van der Waals surface area contributed by atoms with Gasteiger partial charge in [-0.2, -0.15) is 4.39 Å². The molecular formula is C15H17FO3. The Bertz CT molecular complexity index is 500. The van der Waals surface area contributed by atoms with Crippen molar-refractivity contribution in [2.45, 2.75) is 38.2 Å². The molecule has 3 nitrogen and oxygen atoms in total. The molecule has 1 heterocycles. The van der Waals surface area contributed by atoms with E-state index in [1.165, 1.54) is 0 Å². The molecule has 1 aromatic rings. The van der Waals surface area contributed by atoms with Gasteiger partial charge in [0, 0.05) is 17.4 Å². The second-order valence-corrected chi connectivity index (χ2v) is 5.20. The smallest absolute Gasteiger partial charge is 0.207 e. The van der Waals surface area contributed by atoms with Crippen molar-refractivity contribution in [3.63, 3.8) is 0 Å². The van der Waals surface area contributed by atoms with Gasteiger partial charge in [-0.1, -0.05) is 6.07 Å². The lowest BCUT2D eigenvalue weighted by Gasteiger charge is -2.27. The Morgan fingerprint density at radius 3 is 3.05 bits per heavy atom. The fourth-order valence-corrected chi connectivity index (χ4v) is 3.15. The normalized spacial score (nSPS) is 28.2. The number of halogens is 1. The summed E-state index contributed by atoms with van der Waals surface area (Å²) >= 11 is 0. The third kappa shape index (κ3) is 1.99. The van der Waals surface area contributed by atoms with Crippen molar-refractivity contribution in [1.29, 1.82) is 0 Å². The van der Waals surface area contributed by atoms with Crippen LogP contribution in [-0.2, 0) is 4.79 Å². The molecule has 3 rings (SSSR count). The molecule has 1 aliphatic heterocycles. The average Bonchev–Trinajstić information content (AvgIpc) is 2.80. The summed E-state index contributed by atoms with van der Waals surface area (Å²) in [5.41, 5.74) is 0.926. The molecule has 0 amide bonds. The Balaban J connectivity index is 1.91. The first-order valence-electron chi connectivity index (χ1n) is 6.81.